The molecule has 10 heteroatoms. The molecule has 1 N–H and O–H groups in total. The molecule has 1 fully saturated rings. The fraction of sp³-hybridized carbons (Fsp3) is 0.350. The fourth-order valence-corrected chi connectivity index (χ4v) is 5.72. The van der Waals surface area contributed by atoms with E-state index in [0.29, 0.717) is 22.9 Å². The molecule has 5 nitrogen and oxygen atoms in total. The molecule has 2 aromatic carbocycles. The molecule has 0 saturated carbocycles. The Balaban J connectivity index is 1.61. The van der Waals surface area contributed by atoms with Crippen molar-refractivity contribution < 1.29 is 17.6 Å². The molecule has 30 heavy (non-hydrogen) atoms. The van der Waals surface area contributed by atoms with Gasteiger partial charge in [-0.1, -0.05) is 40.9 Å². The van der Waals surface area contributed by atoms with E-state index in [0.717, 1.165) is 17.7 Å². The molecule has 0 radical (unpaired) electrons. The van der Waals surface area contributed by atoms with Gasteiger partial charge in [0.05, 0.1) is 16.0 Å². The van der Waals surface area contributed by atoms with Crippen LogP contribution in [0.4, 0.5) is 4.39 Å². The maximum absolute atomic E-state index is 13.3. The Morgan fingerprint density at radius 2 is 1.77 bits per heavy atom. The standard InChI is InChI=1S/C20H20Cl3FN2O3S/c1-12(16-4-2-14(21)10-17(16)22)25-20(27)13-6-8-26(9-7-13)30(28,29)15-3-5-19(24)18(23)11-15/h2-5,10-13H,6-9H2,1H3,(H,25,27). The summed E-state index contributed by atoms with van der Waals surface area (Å²) >= 11 is 17.8. The number of benzene rings is 2. The second kappa shape index (κ2) is 9.40. The summed E-state index contributed by atoms with van der Waals surface area (Å²) in [5, 5.41) is 3.66. The number of nitrogens with zero attached hydrogens (tertiary/aromatic N) is 1. The third-order valence-corrected chi connectivity index (χ3v) is 7.89. The highest BCUT2D eigenvalue weighted by Gasteiger charge is 2.33. The lowest BCUT2D eigenvalue weighted by Gasteiger charge is -2.31. The zero-order chi connectivity index (χ0) is 22.1. The molecule has 162 valence electrons. The van der Waals surface area contributed by atoms with Crippen LogP contribution < -0.4 is 5.32 Å². The molecule has 1 saturated heterocycles. The van der Waals surface area contributed by atoms with Gasteiger partial charge in [-0.2, -0.15) is 4.31 Å². The van der Waals surface area contributed by atoms with Gasteiger partial charge >= 0.3 is 0 Å². The molecule has 0 spiro atoms. The molecule has 2 aromatic rings. The lowest BCUT2D eigenvalue weighted by molar-refractivity contribution is -0.126. The molecule has 1 heterocycles. The van der Waals surface area contributed by atoms with Gasteiger partial charge in [0.2, 0.25) is 15.9 Å². The number of halogens is 4. The van der Waals surface area contributed by atoms with Gasteiger partial charge < -0.3 is 5.32 Å². The molecule has 1 aliphatic rings. The number of hydrogen-bond donors (Lipinski definition) is 1. The van der Waals surface area contributed by atoms with Crippen LogP contribution in [0, 0.1) is 11.7 Å². The van der Waals surface area contributed by atoms with Gasteiger partial charge in [0, 0.05) is 29.1 Å². The Labute approximate surface area is 190 Å². The summed E-state index contributed by atoms with van der Waals surface area (Å²) in [5.41, 5.74) is 0.752. The Kier molecular flexibility index (Phi) is 7.30. The number of amides is 1. The second-order valence-corrected chi connectivity index (χ2v) is 10.3. The number of hydrogen-bond acceptors (Lipinski definition) is 3. The largest absolute Gasteiger partial charge is 0.349 e. The van der Waals surface area contributed by atoms with E-state index in [1.807, 2.05) is 6.92 Å². The van der Waals surface area contributed by atoms with Crippen LogP contribution in [0.1, 0.15) is 31.4 Å². The average molecular weight is 494 g/mol. The lowest BCUT2D eigenvalue weighted by Crippen LogP contribution is -2.43. The van der Waals surface area contributed by atoms with Gasteiger partial charge in [-0.05, 0) is 55.7 Å². The van der Waals surface area contributed by atoms with Crippen molar-refractivity contribution in [2.24, 2.45) is 5.92 Å². The average Bonchev–Trinajstić information content (AvgIpc) is 2.69. The number of carbonyl (C=O) groups excluding carboxylic acids is 1. The third kappa shape index (κ3) is 5.08. The molecular weight excluding hydrogens is 474 g/mol. The van der Waals surface area contributed by atoms with Gasteiger partial charge in [-0.15, -0.1) is 0 Å². The Hall–Kier alpha value is -1.38. The molecule has 1 atom stereocenters. The summed E-state index contributed by atoms with van der Waals surface area (Å²) in [4.78, 5) is 12.6. The SMILES string of the molecule is CC(NC(=O)C1CCN(S(=O)(=O)c2ccc(F)c(Cl)c2)CC1)c1ccc(Cl)cc1Cl. The van der Waals surface area contributed by atoms with Gasteiger partial charge in [-0.3, -0.25) is 4.79 Å². The number of piperidine rings is 1. The third-order valence-electron chi connectivity index (χ3n) is 5.14. The van der Waals surface area contributed by atoms with E-state index in [4.69, 9.17) is 34.8 Å². The van der Waals surface area contributed by atoms with Crippen LogP contribution >= 0.6 is 34.8 Å². The summed E-state index contributed by atoms with van der Waals surface area (Å²) in [5.74, 6) is -1.15. The van der Waals surface area contributed by atoms with Crippen molar-refractivity contribution in [2.45, 2.75) is 30.7 Å². The first kappa shape index (κ1) is 23.3. The minimum atomic E-state index is -3.81. The maximum Gasteiger partial charge on any atom is 0.243 e. The quantitative estimate of drug-likeness (QED) is 0.633. The summed E-state index contributed by atoms with van der Waals surface area (Å²) in [6.45, 7) is 2.20. The lowest BCUT2D eigenvalue weighted by atomic mass is 9.96. The zero-order valence-corrected chi connectivity index (χ0v) is 19.1. The molecule has 0 bridgehead atoms. The molecule has 3 rings (SSSR count). The number of rotatable bonds is 5. The van der Waals surface area contributed by atoms with Crippen LogP contribution in [0.25, 0.3) is 0 Å². The number of sulfonamides is 1. The minimum Gasteiger partial charge on any atom is -0.349 e. The van der Waals surface area contributed by atoms with Crippen molar-refractivity contribution in [1.82, 2.24) is 9.62 Å². The zero-order valence-electron chi connectivity index (χ0n) is 16.0. The van der Waals surface area contributed by atoms with Crippen LogP contribution in [-0.2, 0) is 14.8 Å². The van der Waals surface area contributed by atoms with E-state index in [-0.39, 0.29) is 40.9 Å². The Bertz CT molecular complexity index is 1060. The molecule has 1 unspecified atom stereocenters. The number of nitrogens with one attached hydrogen (secondary N) is 1. The molecule has 0 aliphatic carbocycles. The van der Waals surface area contributed by atoms with Crippen LogP contribution in [0.5, 0.6) is 0 Å². The van der Waals surface area contributed by atoms with E-state index >= 15 is 0 Å². The second-order valence-electron chi connectivity index (χ2n) is 7.15. The van der Waals surface area contributed by atoms with E-state index in [9.17, 15) is 17.6 Å². The summed E-state index contributed by atoms with van der Waals surface area (Å²) in [6.07, 6.45) is 0.752. The molecule has 1 aliphatic heterocycles. The Morgan fingerprint density at radius 3 is 2.37 bits per heavy atom. The first-order valence-electron chi connectivity index (χ1n) is 9.30. The van der Waals surface area contributed by atoms with Crippen LogP contribution in [0.3, 0.4) is 0 Å². The Morgan fingerprint density at radius 1 is 1.10 bits per heavy atom. The molecule has 0 aromatic heterocycles. The van der Waals surface area contributed by atoms with Gasteiger partial charge in [0.1, 0.15) is 5.82 Å². The predicted octanol–water partition coefficient (Wildman–Crippen LogP) is 5.06. The highest BCUT2D eigenvalue weighted by Crippen LogP contribution is 2.29. The minimum absolute atomic E-state index is 0.0668. The van der Waals surface area contributed by atoms with Crippen molar-refractivity contribution in [3.05, 3.63) is 62.8 Å². The molecular formula is C20H20Cl3FN2O3S. The first-order valence-corrected chi connectivity index (χ1v) is 11.9. The predicted molar refractivity (Wildman–Crippen MR) is 116 cm³/mol. The topological polar surface area (TPSA) is 66.5 Å². The van der Waals surface area contributed by atoms with Crippen molar-refractivity contribution >= 4 is 50.7 Å². The van der Waals surface area contributed by atoms with Crippen molar-refractivity contribution in [2.75, 3.05) is 13.1 Å². The van der Waals surface area contributed by atoms with Gasteiger partial charge in [0.15, 0.2) is 0 Å². The van der Waals surface area contributed by atoms with E-state index in [1.54, 1.807) is 18.2 Å². The van der Waals surface area contributed by atoms with E-state index in [2.05, 4.69) is 5.32 Å². The highest BCUT2D eigenvalue weighted by atomic mass is 35.5. The highest BCUT2D eigenvalue weighted by molar-refractivity contribution is 7.89. The van der Waals surface area contributed by atoms with Gasteiger partial charge in [-0.25, -0.2) is 12.8 Å². The summed E-state index contributed by atoms with van der Waals surface area (Å²) < 4.78 is 40.2. The maximum atomic E-state index is 13.3. The van der Waals surface area contributed by atoms with Crippen molar-refractivity contribution in [3.63, 3.8) is 0 Å². The fourth-order valence-electron chi connectivity index (χ4n) is 3.41. The van der Waals surface area contributed by atoms with Crippen LogP contribution in [0.2, 0.25) is 15.1 Å². The van der Waals surface area contributed by atoms with E-state index < -0.39 is 15.8 Å². The molecule has 1 amide bonds. The smallest absolute Gasteiger partial charge is 0.243 e. The first-order chi connectivity index (χ1) is 14.1. The normalized spacial score (nSPS) is 17.0. The summed E-state index contributed by atoms with van der Waals surface area (Å²) in [6, 6.07) is 8.08. The van der Waals surface area contributed by atoms with Gasteiger partial charge in [0.25, 0.3) is 0 Å². The van der Waals surface area contributed by atoms with Crippen molar-refractivity contribution in [1.29, 1.82) is 0 Å². The van der Waals surface area contributed by atoms with Crippen LogP contribution in [0.15, 0.2) is 41.3 Å². The summed E-state index contributed by atoms with van der Waals surface area (Å²) in [7, 11) is -3.81. The van der Waals surface area contributed by atoms with Crippen LogP contribution in [-0.4, -0.2) is 31.7 Å². The monoisotopic (exact) mass is 492 g/mol. The van der Waals surface area contributed by atoms with Crippen molar-refractivity contribution in [3.8, 4) is 0 Å². The number of carbonyl (C=O) groups is 1. The van der Waals surface area contributed by atoms with E-state index in [1.165, 1.54) is 10.4 Å².